The summed E-state index contributed by atoms with van der Waals surface area (Å²) in [5.74, 6) is -0.195. The molecule has 1 fully saturated rings. The number of likely N-dealkylation sites (N-methyl/N-ethyl adjacent to an activating group) is 2. The maximum atomic E-state index is 14.0. The van der Waals surface area contributed by atoms with Crippen LogP contribution < -0.4 is 5.32 Å². The van der Waals surface area contributed by atoms with E-state index < -0.39 is 0 Å². The summed E-state index contributed by atoms with van der Waals surface area (Å²) in [7, 11) is 1.85. The van der Waals surface area contributed by atoms with Crippen LogP contribution in [0.15, 0.2) is 22.7 Å². The van der Waals surface area contributed by atoms with Crippen molar-refractivity contribution in [2.24, 2.45) is 0 Å². The lowest BCUT2D eigenvalue weighted by Gasteiger charge is -2.36. The predicted octanol–water partition coefficient (Wildman–Crippen LogP) is 2.57. The second-order valence-electron chi connectivity index (χ2n) is 4.73. The van der Waals surface area contributed by atoms with Gasteiger partial charge in [0.15, 0.2) is 0 Å². The van der Waals surface area contributed by atoms with Gasteiger partial charge < -0.3 is 10.1 Å². The molecule has 1 aromatic rings. The van der Waals surface area contributed by atoms with Crippen molar-refractivity contribution in [2.45, 2.75) is 19.1 Å². The standard InChI is InChI=1S/C14H20BrFN2O/c1-3-18-6-7-19-13(9-18)14(17-2)11-8-10(15)4-5-12(11)16/h4-5,8,13-14,17H,3,6-7,9H2,1-2H3. The van der Waals surface area contributed by atoms with Crippen molar-refractivity contribution in [1.29, 1.82) is 0 Å². The van der Waals surface area contributed by atoms with E-state index in [9.17, 15) is 4.39 Å². The van der Waals surface area contributed by atoms with Crippen molar-refractivity contribution in [3.8, 4) is 0 Å². The van der Waals surface area contributed by atoms with Gasteiger partial charge in [0.25, 0.3) is 0 Å². The molecule has 1 heterocycles. The molecule has 5 heteroatoms. The van der Waals surface area contributed by atoms with Crippen LogP contribution in [0.2, 0.25) is 0 Å². The predicted molar refractivity (Wildman–Crippen MR) is 77.8 cm³/mol. The third-order valence-electron chi connectivity index (χ3n) is 3.60. The SMILES string of the molecule is CCN1CCOC(C(NC)c2cc(Br)ccc2F)C1. The molecule has 2 atom stereocenters. The second-order valence-corrected chi connectivity index (χ2v) is 5.65. The summed E-state index contributed by atoms with van der Waals surface area (Å²) in [4.78, 5) is 2.33. The summed E-state index contributed by atoms with van der Waals surface area (Å²) in [5, 5.41) is 3.19. The minimum atomic E-state index is -0.195. The molecule has 19 heavy (non-hydrogen) atoms. The van der Waals surface area contributed by atoms with Crippen LogP contribution in [0.25, 0.3) is 0 Å². The van der Waals surface area contributed by atoms with Gasteiger partial charge in [-0.25, -0.2) is 4.39 Å². The number of morpholine rings is 1. The molecule has 3 nitrogen and oxygen atoms in total. The topological polar surface area (TPSA) is 24.5 Å². The lowest BCUT2D eigenvalue weighted by molar-refractivity contribution is -0.0449. The first-order valence-corrected chi connectivity index (χ1v) is 7.41. The number of halogens is 2. The largest absolute Gasteiger partial charge is 0.374 e. The van der Waals surface area contributed by atoms with E-state index in [0.717, 1.165) is 24.1 Å². The number of nitrogens with zero attached hydrogens (tertiary/aromatic N) is 1. The Morgan fingerprint density at radius 3 is 3.05 bits per heavy atom. The Bertz CT molecular complexity index is 430. The molecule has 2 unspecified atom stereocenters. The first-order valence-electron chi connectivity index (χ1n) is 6.62. The molecule has 0 radical (unpaired) electrons. The fourth-order valence-corrected chi connectivity index (χ4v) is 2.89. The smallest absolute Gasteiger partial charge is 0.128 e. The summed E-state index contributed by atoms with van der Waals surface area (Å²) in [5.41, 5.74) is 0.653. The van der Waals surface area contributed by atoms with Gasteiger partial charge in [0.1, 0.15) is 5.82 Å². The fraction of sp³-hybridized carbons (Fsp3) is 0.571. The lowest BCUT2D eigenvalue weighted by Crippen LogP contribution is -2.47. The fourth-order valence-electron chi connectivity index (χ4n) is 2.52. The molecule has 0 amide bonds. The number of nitrogens with one attached hydrogen (secondary N) is 1. The maximum absolute atomic E-state index is 14.0. The molecule has 1 aliphatic rings. The van der Waals surface area contributed by atoms with Gasteiger partial charge in [-0.15, -0.1) is 0 Å². The van der Waals surface area contributed by atoms with E-state index >= 15 is 0 Å². The molecule has 2 rings (SSSR count). The molecule has 106 valence electrons. The van der Waals surface area contributed by atoms with Crippen LogP contribution in [0.1, 0.15) is 18.5 Å². The van der Waals surface area contributed by atoms with Gasteiger partial charge in [0.2, 0.25) is 0 Å². The zero-order valence-corrected chi connectivity index (χ0v) is 12.9. The summed E-state index contributed by atoms with van der Waals surface area (Å²) in [6.07, 6.45) is -0.0255. The zero-order chi connectivity index (χ0) is 13.8. The highest BCUT2D eigenvalue weighted by Crippen LogP contribution is 2.27. The quantitative estimate of drug-likeness (QED) is 0.918. The van der Waals surface area contributed by atoms with E-state index in [0.29, 0.717) is 12.2 Å². The summed E-state index contributed by atoms with van der Waals surface area (Å²) in [6.45, 7) is 5.61. The zero-order valence-electron chi connectivity index (χ0n) is 11.3. The molecule has 0 aliphatic carbocycles. The van der Waals surface area contributed by atoms with Crippen LogP contribution in [-0.4, -0.2) is 44.3 Å². The van der Waals surface area contributed by atoms with Gasteiger partial charge in [-0.2, -0.15) is 0 Å². The minimum absolute atomic E-state index is 0.0255. The Labute approximate surface area is 122 Å². The van der Waals surface area contributed by atoms with E-state index in [1.54, 1.807) is 6.07 Å². The van der Waals surface area contributed by atoms with Crippen molar-refractivity contribution in [3.63, 3.8) is 0 Å². The summed E-state index contributed by atoms with van der Waals surface area (Å²) < 4.78 is 20.7. The third-order valence-corrected chi connectivity index (χ3v) is 4.09. The molecular formula is C14H20BrFN2O. The number of benzene rings is 1. The average molecular weight is 331 g/mol. The van der Waals surface area contributed by atoms with Gasteiger partial charge in [-0.05, 0) is 31.8 Å². The molecule has 0 aromatic heterocycles. The third kappa shape index (κ3) is 3.54. The van der Waals surface area contributed by atoms with Crippen molar-refractivity contribution < 1.29 is 9.13 Å². The highest BCUT2D eigenvalue weighted by molar-refractivity contribution is 9.10. The molecule has 1 aliphatic heterocycles. The first-order chi connectivity index (χ1) is 9.15. The first kappa shape index (κ1) is 14.9. The van der Waals surface area contributed by atoms with Crippen LogP contribution in [0.4, 0.5) is 4.39 Å². The molecule has 0 bridgehead atoms. The van der Waals surface area contributed by atoms with Crippen LogP contribution in [0.5, 0.6) is 0 Å². The molecule has 1 aromatic carbocycles. The van der Waals surface area contributed by atoms with Gasteiger partial charge in [-0.3, -0.25) is 4.90 Å². The van der Waals surface area contributed by atoms with Crippen LogP contribution in [-0.2, 0) is 4.74 Å². The van der Waals surface area contributed by atoms with Gasteiger partial charge in [0.05, 0.1) is 18.8 Å². The van der Waals surface area contributed by atoms with Crippen LogP contribution >= 0.6 is 15.9 Å². The van der Waals surface area contributed by atoms with E-state index in [1.807, 2.05) is 13.1 Å². The summed E-state index contributed by atoms with van der Waals surface area (Å²) >= 11 is 3.40. The van der Waals surface area contributed by atoms with E-state index in [2.05, 4.69) is 33.1 Å². The van der Waals surface area contributed by atoms with Crippen LogP contribution in [0, 0.1) is 5.82 Å². The second kappa shape index (κ2) is 6.79. The highest BCUT2D eigenvalue weighted by Gasteiger charge is 2.29. The van der Waals surface area contributed by atoms with Crippen molar-refractivity contribution in [3.05, 3.63) is 34.1 Å². The van der Waals surface area contributed by atoms with Crippen molar-refractivity contribution in [1.82, 2.24) is 10.2 Å². The number of ether oxygens (including phenoxy) is 1. The number of rotatable bonds is 4. The Morgan fingerprint density at radius 1 is 1.58 bits per heavy atom. The van der Waals surface area contributed by atoms with Gasteiger partial charge >= 0.3 is 0 Å². The van der Waals surface area contributed by atoms with E-state index in [-0.39, 0.29) is 18.0 Å². The Hall–Kier alpha value is -0.490. The highest BCUT2D eigenvalue weighted by atomic mass is 79.9. The van der Waals surface area contributed by atoms with E-state index in [4.69, 9.17) is 4.74 Å². The van der Waals surface area contributed by atoms with Crippen LogP contribution in [0.3, 0.4) is 0 Å². The lowest BCUT2D eigenvalue weighted by atomic mass is 9.99. The number of hydrogen-bond acceptors (Lipinski definition) is 3. The number of hydrogen-bond donors (Lipinski definition) is 1. The maximum Gasteiger partial charge on any atom is 0.128 e. The Kier molecular flexibility index (Phi) is 5.33. The monoisotopic (exact) mass is 330 g/mol. The Balaban J connectivity index is 2.21. The van der Waals surface area contributed by atoms with Crippen molar-refractivity contribution >= 4 is 15.9 Å². The minimum Gasteiger partial charge on any atom is -0.374 e. The molecule has 1 saturated heterocycles. The van der Waals surface area contributed by atoms with Gasteiger partial charge in [-0.1, -0.05) is 22.9 Å². The Morgan fingerprint density at radius 2 is 2.37 bits per heavy atom. The molecule has 0 saturated carbocycles. The molecule has 0 spiro atoms. The van der Waals surface area contributed by atoms with Crippen molar-refractivity contribution in [2.75, 3.05) is 33.3 Å². The van der Waals surface area contributed by atoms with Gasteiger partial charge in [0, 0.05) is 23.1 Å². The normalized spacial score (nSPS) is 22.4. The van der Waals surface area contributed by atoms with E-state index in [1.165, 1.54) is 6.07 Å². The summed E-state index contributed by atoms with van der Waals surface area (Å²) in [6, 6.07) is 4.90. The average Bonchev–Trinajstić information content (AvgIpc) is 2.44. The molecular weight excluding hydrogens is 311 g/mol. The molecule has 1 N–H and O–H groups in total.